The van der Waals surface area contributed by atoms with E-state index in [9.17, 15) is 32.5 Å². The van der Waals surface area contributed by atoms with E-state index in [0.717, 1.165) is 17.8 Å². The molecule has 0 fully saturated rings. The van der Waals surface area contributed by atoms with Crippen LogP contribution in [0.5, 0.6) is 0 Å². The average Bonchev–Trinajstić information content (AvgIpc) is 2.53. The van der Waals surface area contributed by atoms with Gasteiger partial charge in [-0.15, -0.1) is 11.8 Å². The van der Waals surface area contributed by atoms with Crippen LogP contribution in [-0.2, 0) is 11.0 Å². The fourth-order valence-electron chi connectivity index (χ4n) is 1.86. The second kappa shape index (κ2) is 7.51. The third-order valence-corrected chi connectivity index (χ3v) is 4.04. The summed E-state index contributed by atoms with van der Waals surface area (Å²) < 4.78 is 51.3. The van der Waals surface area contributed by atoms with Gasteiger partial charge < -0.3 is 5.32 Å². The summed E-state index contributed by atoms with van der Waals surface area (Å²) in [5.74, 6) is -1.50. The van der Waals surface area contributed by atoms with Crippen molar-refractivity contribution in [2.45, 2.75) is 11.1 Å². The van der Waals surface area contributed by atoms with E-state index in [1.54, 1.807) is 6.07 Å². The number of halogens is 4. The molecule has 0 unspecified atom stereocenters. The Labute approximate surface area is 143 Å². The fourth-order valence-corrected chi connectivity index (χ4v) is 2.60. The first-order valence-electron chi connectivity index (χ1n) is 6.71. The van der Waals surface area contributed by atoms with Crippen LogP contribution in [0.15, 0.2) is 47.4 Å². The number of hydrogen-bond donors (Lipinski definition) is 1. The van der Waals surface area contributed by atoms with Gasteiger partial charge in [0.1, 0.15) is 11.5 Å². The second-order valence-corrected chi connectivity index (χ2v) is 5.77. The van der Waals surface area contributed by atoms with Crippen molar-refractivity contribution in [2.24, 2.45) is 0 Å². The smallest absolute Gasteiger partial charge is 0.320 e. The maximum atomic E-state index is 13.4. The number of rotatable bonds is 5. The van der Waals surface area contributed by atoms with E-state index in [2.05, 4.69) is 5.32 Å². The number of nitro groups is 1. The molecule has 0 radical (unpaired) electrons. The third-order valence-electron chi connectivity index (χ3n) is 2.99. The summed E-state index contributed by atoms with van der Waals surface area (Å²) in [7, 11) is 0. The van der Waals surface area contributed by atoms with Crippen molar-refractivity contribution >= 4 is 29.0 Å². The van der Waals surface area contributed by atoms with E-state index in [4.69, 9.17) is 0 Å². The molecule has 0 atom stereocenters. The van der Waals surface area contributed by atoms with E-state index in [-0.39, 0.29) is 16.3 Å². The molecule has 0 saturated carbocycles. The van der Waals surface area contributed by atoms with Gasteiger partial charge in [0.05, 0.1) is 16.2 Å². The van der Waals surface area contributed by atoms with E-state index in [1.807, 2.05) is 0 Å². The molecule has 2 aromatic rings. The summed E-state index contributed by atoms with van der Waals surface area (Å²) in [6.45, 7) is 0. The minimum Gasteiger partial charge on any atom is -0.320 e. The maximum absolute atomic E-state index is 13.4. The number of nitrogens with one attached hydrogen (secondary N) is 1. The number of nitrogens with zero attached hydrogens (tertiary/aromatic N) is 1. The number of thioether (sulfide) groups is 1. The van der Waals surface area contributed by atoms with Gasteiger partial charge >= 0.3 is 6.18 Å². The van der Waals surface area contributed by atoms with Crippen molar-refractivity contribution in [3.05, 3.63) is 64.0 Å². The van der Waals surface area contributed by atoms with Crippen LogP contribution >= 0.6 is 11.8 Å². The fraction of sp³-hybridized carbons (Fsp3) is 0.133. The Morgan fingerprint density at radius 3 is 2.48 bits per heavy atom. The molecule has 1 amide bonds. The van der Waals surface area contributed by atoms with Crippen LogP contribution in [0.4, 0.5) is 28.9 Å². The van der Waals surface area contributed by atoms with Gasteiger partial charge in [-0.2, -0.15) is 13.2 Å². The zero-order valence-electron chi connectivity index (χ0n) is 12.3. The van der Waals surface area contributed by atoms with Gasteiger partial charge in [0.15, 0.2) is 0 Å². The molecule has 0 aliphatic heterocycles. The Balaban J connectivity index is 2.12. The summed E-state index contributed by atoms with van der Waals surface area (Å²) in [5, 5.41) is 13.1. The van der Waals surface area contributed by atoms with Crippen molar-refractivity contribution in [3.63, 3.8) is 0 Å². The number of hydrogen-bond acceptors (Lipinski definition) is 4. The maximum Gasteiger partial charge on any atom is 0.416 e. The van der Waals surface area contributed by atoms with Crippen molar-refractivity contribution in [1.29, 1.82) is 0 Å². The normalized spacial score (nSPS) is 11.2. The SMILES string of the molecule is O=C(CSc1ccccc1F)Nc1ccc(C(F)(F)F)cc1[N+](=O)[O-]. The van der Waals surface area contributed by atoms with Crippen molar-refractivity contribution < 1.29 is 27.3 Å². The zero-order valence-corrected chi connectivity index (χ0v) is 13.2. The van der Waals surface area contributed by atoms with E-state index < -0.39 is 34.1 Å². The third kappa shape index (κ3) is 4.92. The number of benzene rings is 2. The highest BCUT2D eigenvalue weighted by Gasteiger charge is 2.33. The molecule has 2 aromatic carbocycles. The lowest BCUT2D eigenvalue weighted by Gasteiger charge is -2.10. The molecular formula is C15H10F4N2O3S. The molecular weight excluding hydrogens is 364 g/mol. The lowest BCUT2D eigenvalue weighted by atomic mass is 10.1. The molecule has 1 N–H and O–H groups in total. The molecule has 25 heavy (non-hydrogen) atoms. The van der Waals surface area contributed by atoms with Crippen LogP contribution in [0, 0.1) is 15.9 Å². The van der Waals surface area contributed by atoms with Crippen molar-refractivity contribution in [2.75, 3.05) is 11.1 Å². The predicted molar refractivity (Wildman–Crippen MR) is 83.9 cm³/mol. The van der Waals surface area contributed by atoms with Crippen molar-refractivity contribution in [3.8, 4) is 0 Å². The summed E-state index contributed by atoms with van der Waals surface area (Å²) in [4.78, 5) is 22.0. The van der Waals surface area contributed by atoms with Gasteiger partial charge in [-0.3, -0.25) is 14.9 Å². The largest absolute Gasteiger partial charge is 0.416 e. The Bertz CT molecular complexity index is 812. The molecule has 0 aliphatic rings. The van der Waals surface area contributed by atoms with Crippen LogP contribution in [0.2, 0.25) is 0 Å². The number of amides is 1. The molecule has 0 spiro atoms. The topological polar surface area (TPSA) is 72.2 Å². The molecule has 5 nitrogen and oxygen atoms in total. The molecule has 0 aliphatic carbocycles. The van der Waals surface area contributed by atoms with Crippen LogP contribution in [0.1, 0.15) is 5.56 Å². The predicted octanol–water partition coefficient (Wildman–Crippen LogP) is 4.48. The van der Waals surface area contributed by atoms with E-state index in [0.29, 0.717) is 12.1 Å². The first kappa shape index (κ1) is 18.7. The van der Waals surface area contributed by atoms with Gasteiger partial charge in [0, 0.05) is 11.0 Å². The number of alkyl halides is 3. The molecule has 0 aromatic heterocycles. The number of nitro benzene ring substituents is 1. The van der Waals surface area contributed by atoms with Gasteiger partial charge in [-0.1, -0.05) is 12.1 Å². The second-order valence-electron chi connectivity index (χ2n) is 4.75. The molecule has 2 rings (SSSR count). The summed E-state index contributed by atoms with van der Waals surface area (Å²) in [5.41, 5.74) is -2.44. The van der Waals surface area contributed by atoms with Crippen LogP contribution in [0.3, 0.4) is 0 Å². The van der Waals surface area contributed by atoms with Gasteiger partial charge in [-0.25, -0.2) is 4.39 Å². The van der Waals surface area contributed by atoms with Crippen LogP contribution < -0.4 is 5.32 Å². The summed E-state index contributed by atoms with van der Waals surface area (Å²) in [6, 6.07) is 7.50. The molecule has 132 valence electrons. The highest BCUT2D eigenvalue weighted by molar-refractivity contribution is 8.00. The Morgan fingerprint density at radius 2 is 1.88 bits per heavy atom. The first-order chi connectivity index (χ1) is 11.7. The summed E-state index contributed by atoms with van der Waals surface area (Å²) >= 11 is 0.859. The minimum absolute atomic E-state index is 0.208. The molecule has 0 bridgehead atoms. The highest BCUT2D eigenvalue weighted by Crippen LogP contribution is 2.35. The zero-order chi connectivity index (χ0) is 18.6. The highest BCUT2D eigenvalue weighted by atomic mass is 32.2. The van der Waals surface area contributed by atoms with Crippen LogP contribution in [0.25, 0.3) is 0 Å². The van der Waals surface area contributed by atoms with Gasteiger partial charge in [0.25, 0.3) is 5.69 Å². The Hall–Kier alpha value is -2.62. The average molecular weight is 374 g/mol. The van der Waals surface area contributed by atoms with E-state index >= 15 is 0 Å². The minimum atomic E-state index is -4.74. The Morgan fingerprint density at radius 1 is 1.20 bits per heavy atom. The number of carbonyl (C=O) groups is 1. The number of carbonyl (C=O) groups excluding carboxylic acids is 1. The first-order valence-corrected chi connectivity index (χ1v) is 7.70. The quantitative estimate of drug-likeness (QED) is 0.362. The van der Waals surface area contributed by atoms with Gasteiger partial charge in [0.2, 0.25) is 5.91 Å². The van der Waals surface area contributed by atoms with E-state index in [1.165, 1.54) is 18.2 Å². The number of anilines is 1. The standard InChI is InChI=1S/C15H10F4N2O3S/c16-10-3-1-2-4-13(10)25-8-14(22)20-11-6-5-9(15(17,18)19)7-12(11)21(23)24/h1-7H,8H2,(H,20,22). The lowest BCUT2D eigenvalue weighted by molar-refractivity contribution is -0.384. The van der Waals surface area contributed by atoms with Crippen LogP contribution in [-0.4, -0.2) is 16.6 Å². The summed E-state index contributed by atoms with van der Waals surface area (Å²) in [6.07, 6.45) is -4.74. The molecule has 0 saturated heterocycles. The molecule has 10 heteroatoms. The van der Waals surface area contributed by atoms with Gasteiger partial charge in [-0.05, 0) is 24.3 Å². The Kier molecular flexibility index (Phi) is 5.62. The molecule has 0 heterocycles. The van der Waals surface area contributed by atoms with Crippen molar-refractivity contribution in [1.82, 2.24) is 0 Å². The lowest BCUT2D eigenvalue weighted by Crippen LogP contribution is -2.16. The monoisotopic (exact) mass is 374 g/mol.